The zero-order valence-electron chi connectivity index (χ0n) is 9.04. The first-order chi connectivity index (χ1) is 7.83. The first-order valence-electron chi connectivity index (χ1n) is 5.16. The molecule has 1 unspecified atom stereocenters. The zero-order chi connectivity index (χ0) is 11.4. The largest absolute Gasteiger partial charge is 0.311 e. The minimum absolute atomic E-state index is 0.0534. The molecule has 0 amide bonds. The van der Waals surface area contributed by atoms with Gasteiger partial charge in [0.05, 0.1) is 6.17 Å². The van der Waals surface area contributed by atoms with Crippen molar-refractivity contribution in [3.05, 3.63) is 23.2 Å². The molecular formula is C10H14N4S2. The van der Waals surface area contributed by atoms with Crippen LogP contribution in [0, 0.1) is 0 Å². The highest BCUT2D eigenvalue weighted by molar-refractivity contribution is 7.15. The molecule has 0 aliphatic carbocycles. The number of nitrogens with zero attached hydrogens (tertiary/aromatic N) is 3. The molecule has 6 heteroatoms. The minimum Gasteiger partial charge on any atom is -0.311 e. The van der Waals surface area contributed by atoms with Gasteiger partial charge in [-0.2, -0.15) is 0 Å². The summed E-state index contributed by atoms with van der Waals surface area (Å²) in [6.45, 7) is 2.13. The topological polar surface area (TPSA) is 55.0 Å². The van der Waals surface area contributed by atoms with E-state index in [1.165, 1.54) is 0 Å². The van der Waals surface area contributed by atoms with Crippen LogP contribution in [-0.2, 0) is 0 Å². The molecule has 0 bridgehead atoms. The van der Waals surface area contributed by atoms with Crippen LogP contribution in [0.2, 0.25) is 0 Å². The van der Waals surface area contributed by atoms with Crippen LogP contribution >= 0.6 is 22.7 Å². The first-order valence-corrected chi connectivity index (χ1v) is 6.92. The molecule has 4 nitrogen and oxygen atoms in total. The normalized spacial score (nSPS) is 12.6. The minimum atomic E-state index is -0.0534. The number of hydrogen-bond donors (Lipinski definition) is 1. The molecule has 2 aromatic rings. The summed E-state index contributed by atoms with van der Waals surface area (Å²) in [7, 11) is 0. The highest BCUT2D eigenvalue weighted by atomic mass is 32.1. The standard InChI is InChI=1S/C10H14N4S2/c1-2-3-8(11)14(9-12-4-6-15-9)10-13-5-7-16-10/h4-8H,2-3,11H2,1H3. The Hall–Kier alpha value is -0.980. The lowest BCUT2D eigenvalue weighted by molar-refractivity contribution is 0.608. The molecule has 0 aliphatic heterocycles. The Labute approximate surface area is 103 Å². The van der Waals surface area contributed by atoms with Crippen molar-refractivity contribution in [3.8, 4) is 0 Å². The molecule has 0 aliphatic rings. The summed E-state index contributed by atoms with van der Waals surface area (Å²) in [6.07, 6.45) is 5.51. The van der Waals surface area contributed by atoms with Crippen molar-refractivity contribution in [2.45, 2.75) is 25.9 Å². The van der Waals surface area contributed by atoms with Gasteiger partial charge in [0.1, 0.15) is 0 Å². The Balaban J connectivity index is 2.27. The van der Waals surface area contributed by atoms with Crippen LogP contribution < -0.4 is 10.6 Å². The maximum absolute atomic E-state index is 6.17. The summed E-state index contributed by atoms with van der Waals surface area (Å²) in [5.41, 5.74) is 6.17. The molecule has 16 heavy (non-hydrogen) atoms. The van der Waals surface area contributed by atoms with Gasteiger partial charge in [-0.3, -0.25) is 4.90 Å². The highest BCUT2D eigenvalue weighted by Gasteiger charge is 2.20. The molecule has 2 heterocycles. The lowest BCUT2D eigenvalue weighted by atomic mass is 10.3. The smallest absolute Gasteiger partial charge is 0.192 e. The van der Waals surface area contributed by atoms with Gasteiger partial charge in [0.2, 0.25) is 0 Å². The van der Waals surface area contributed by atoms with Crippen molar-refractivity contribution in [1.82, 2.24) is 9.97 Å². The summed E-state index contributed by atoms with van der Waals surface area (Å²) in [5.74, 6) is 0. The lowest BCUT2D eigenvalue weighted by Crippen LogP contribution is -2.38. The van der Waals surface area contributed by atoms with Crippen molar-refractivity contribution in [3.63, 3.8) is 0 Å². The van der Waals surface area contributed by atoms with Crippen molar-refractivity contribution >= 4 is 32.9 Å². The van der Waals surface area contributed by atoms with Crippen LogP contribution in [0.15, 0.2) is 23.2 Å². The number of thiazole rings is 2. The molecule has 0 spiro atoms. The van der Waals surface area contributed by atoms with Crippen LogP contribution in [0.3, 0.4) is 0 Å². The third kappa shape index (κ3) is 2.40. The van der Waals surface area contributed by atoms with Gasteiger partial charge in [0.15, 0.2) is 10.3 Å². The number of rotatable bonds is 5. The van der Waals surface area contributed by atoms with Crippen molar-refractivity contribution in [2.24, 2.45) is 5.73 Å². The average Bonchev–Trinajstić information content (AvgIpc) is 2.91. The predicted molar refractivity (Wildman–Crippen MR) is 69.3 cm³/mol. The lowest BCUT2D eigenvalue weighted by Gasteiger charge is -2.25. The molecule has 2 aromatic heterocycles. The summed E-state index contributed by atoms with van der Waals surface area (Å²) >= 11 is 3.17. The van der Waals surface area contributed by atoms with E-state index in [1.54, 1.807) is 35.1 Å². The third-order valence-electron chi connectivity index (χ3n) is 2.17. The van der Waals surface area contributed by atoms with E-state index in [0.717, 1.165) is 23.1 Å². The fourth-order valence-corrected chi connectivity index (χ4v) is 2.92. The fourth-order valence-electron chi connectivity index (χ4n) is 1.46. The summed E-state index contributed by atoms with van der Waals surface area (Å²) in [5, 5.41) is 5.73. The van der Waals surface area contributed by atoms with E-state index in [-0.39, 0.29) is 6.17 Å². The fraction of sp³-hybridized carbons (Fsp3) is 0.400. The van der Waals surface area contributed by atoms with Gasteiger partial charge in [0, 0.05) is 23.2 Å². The molecule has 0 aromatic carbocycles. The predicted octanol–water partition coefficient (Wildman–Crippen LogP) is 2.82. The van der Waals surface area contributed by atoms with E-state index in [0.29, 0.717) is 0 Å². The van der Waals surface area contributed by atoms with Crippen molar-refractivity contribution < 1.29 is 0 Å². The van der Waals surface area contributed by atoms with Gasteiger partial charge in [-0.1, -0.05) is 13.3 Å². The molecule has 0 saturated carbocycles. The maximum Gasteiger partial charge on any atom is 0.192 e. The zero-order valence-corrected chi connectivity index (χ0v) is 10.7. The Morgan fingerprint density at radius 2 is 1.81 bits per heavy atom. The number of anilines is 2. The van der Waals surface area contributed by atoms with Gasteiger partial charge < -0.3 is 5.73 Å². The van der Waals surface area contributed by atoms with Gasteiger partial charge >= 0.3 is 0 Å². The molecule has 86 valence electrons. The van der Waals surface area contributed by atoms with E-state index in [9.17, 15) is 0 Å². The molecular weight excluding hydrogens is 240 g/mol. The summed E-state index contributed by atoms with van der Waals surface area (Å²) in [6, 6.07) is 0. The number of hydrogen-bond acceptors (Lipinski definition) is 6. The van der Waals surface area contributed by atoms with Gasteiger partial charge in [-0.05, 0) is 6.42 Å². The monoisotopic (exact) mass is 254 g/mol. The summed E-state index contributed by atoms with van der Waals surface area (Å²) in [4.78, 5) is 10.6. The molecule has 2 rings (SSSR count). The SMILES string of the molecule is CCCC(N)N(c1nccs1)c1nccs1. The van der Waals surface area contributed by atoms with Crippen LogP contribution in [0.5, 0.6) is 0 Å². The second kappa shape index (κ2) is 5.38. The quantitative estimate of drug-likeness (QED) is 0.834. The Morgan fingerprint density at radius 1 is 1.25 bits per heavy atom. The van der Waals surface area contributed by atoms with E-state index in [4.69, 9.17) is 5.73 Å². The van der Waals surface area contributed by atoms with E-state index in [2.05, 4.69) is 16.9 Å². The van der Waals surface area contributed by atoms with E-state index < -0.39 is 0 Å². The molecule has 0 fully saturated rings. The van der Waals surface area contributed by atoms with Gasteiger partial charge in [0.25, 0.3) is 0 Å². The Morgan fingerprint density at radius 3 is 2.19 bits per heavy atom. The van der Waals surface area contributed by atoms with Gasteiger partial charge in [-0.15, -0.1) is 22.7 Å². The van der Waals surface area contributed by atoms with E-state index in [1.807, 2.05) is 15.7 Å². The maximum atomic E-state index is 6.17. The summed E-state index contributed by atoms with van der Waals surface area (Å²) < 4.78 is 0. The van der Waals surface area contributed by atoms with Crippen LogP contribution in [-0.4, -0.2) is 16.1 Å². The number of nitrogens with two attached hydrogens (primary N) is 1. The van der Waals surface area contributed by atoms with Crippen molar-refractivity contribution in [1.29, 1.82) is 0 Å². The molecule has 1 atom stereocenters. The van der Waals surface area contributed by atoms with Crippen LogP contribution in [0.4, 0.5) is 10.3 Å². The molecule has 0 radical (unpaired) electrons. The second-order valence-corrected chi connectivity index (χ2v) is 5.10. The van der Waals surface area contributed by atoms with Gasteiger partial charge in [-0.25, -0.2) is 9.97 Å². The molecule has 0 saturated heterocycles. The number of aromatic nitrogens is 2. The second-order valence-electron chi connectivity index (χ2n) is 3.36. The highest BCUT2D eigenvalue weighted by Crippen LogP contribution is 2.30. The van der Waals surface area contributed by atoms with E-state index >= 15 is 0 Å². The molecule has 2 N–H and O–H groups in total. The third-order valence-corrected chi connectivity index (χ3v) is 3.71. The average molecular weight is 254 g/mol. The van der Waals surface area contributed by atoms with Crippen molar-refractivity contribution in [2.75, 3.05) is 4.90 Å². The Kier molecular flexibility index (Phi) is 3.87. The van der Waals surface area contributed by atoms with Crippen LogP contribution in [0.25, 0.3) is 0 Å². The van der Waals surface area contributed by atoms with Crippen LogP contribution in [0.1, 0.15) is 19.8 Å². The first kappa shape index (κ1) is 11.5. The Bertz CT molecular complexity index is 364.